The molecule has 0 spiro atoms. The van der Waals surface area contributed by atoms with Crippen molar-refractivity contribution in [3.8, 4) is 0 Å². The Kier molecular flexibility index (Phi) is 14.0. The van der Waals surface area contributed by atoms with E-state index in [1.807, 2.05) is 4.90 Å². The lowest BCUT2D eigenvalue weighted by atomic mass is 10.4. The zero-order valence-electron chi connectivity index (χ0n) is 14.7. The summed E-state index contributed by atoms with van der Waals surface area (Å²) in [6.45, 7) is 9.05. The Hall–Kier alpha value is -0.770. The van der Waals surface area contributed by atoms with Gasteiger partial charge < -0.3 is 28.4 Å². The average molecular weight is 349 g/mol. The summed E-state index contributed by atoms with van der Waals surface area (Å²) in [5.74, 6) is -0.230. The van der Waals surface area contributed by atoms with Gasteiger partial charge in [0.25, 0.3) is 0 Å². The number of hydrogen-bond acceptors (Lipinski definition) is 8. The quantitative estimate of drug-likeness (QED) is 0.657. The van der Waals surface area contributed by atoms with E-state index in [0.717, 1.165) is 0 Å². The molecular weight excluding hydrogens is 318 g/mol. The Bertz CT molecular complexity index is 286. The highest BCUT2D eigenvalue weighted by molar-refractivity contribution is 5.71. The number of carbonyl (C=O) groups excluding carboxylic acids is 1. The fourth-order valence-corrected chi connectivity index (χ4v) is 2.03. The fraction of sp³-hybridized carbons (Fsp3) is 0.938. The molecule has 8 nitrogen and oxygen atoms in total. The molecule has 1 heterocycles. The molecule has 24 heavy (non-hydrogen) atoms. The molecule has 1 aliphatic heterocycles. The molecule has 0 amide bonds. The van der Waals surface area contributed by atoms with Gasteiger partial charge in [-0.15, -0.1) is 0 Å². The molecule has 8 heteroatoms. The van der Waals surface area contributed by atoms with Crippen LogP contribution in [0, 0.1) is 0 Å². The number of ether oxygens (including phenoxy) is 6. The van der Waals surface area contributed by atoms with Crippen molar-refractivity contribution in [3.05, 3.63) is 0 Å². The Morgan fingerprint density at radius 1 is 0.750 bits per heavy atom. The van der Waals surface area contributed by atoms with Crippen molar-refractivity contribution in [2.75, 3.05) is 92.3 Å². The molecule has 0 aromatic heterocycles. The monoisotopic (exact) mass is 349 g/mol. The van der Waals surface area contributed by atoms with Crippen LogP contribution in [0.25, 0.3) is 0 Å². The minimum atomic E-state index is -0.230. The SMILES string of the molecule is CCOC(=O)CN1CCOCCOCCOCCOCCOCC1. The molecule has 0 aromatic rings. The van der Waals surface area contributed by atoms with Gasteiger partial charge in [-0.2, -0.15) is 0 Å². The molecule has 1 aliphatic rings. The van der Waals surface area contributed by atoms with Gasteiger partial charge in [0.05, 0.1) is 79.2 Å². The van der Waals surface area contributed by atoms with Crippen LogP contribution in [0.4, 0.5) is 0 Å². The predicted octanol–water partition coefficient (Wildman–Crippen LogP) is -0.0519. The van der Waals surface area contributed by atoms with E-state index >= 15 is 0 Å². The molecule has 0 aliphatic carbocycles. The van der Waals surface area contributed by atoms with E-state index in [1.165, 1.54) is 0 Å². The highest BCUT2D eigenvalue weighted by atomic mass is 16.6. The van der Waals surface area contributed by atoms with Gasteiger partial charge in [0.1, 0.15) is 0 Å². The number of carbonyl (C=O) groups is 1. The van der Waals surface area contributed by atoms with E-state index in [9.17, 15) is 4.79 Å². The molecule has 0 aromatic carbocycles. The second kappa shape index (κ2) is 15.7. The fourth-order valence-electron chi connectivity index (χ4n) is 2.03. The van der Waals surface area contributed by atoms with E-state index in [0.29, 0.717) is 85.8 Å². The lowest BCUT2D eigenvalue weighted by molar-refractivity contribution is -0.144. The first-order valence-corrected chi connectivity index (χ1v) is 8.59. The topological polar surface area (TPSA) is 75.7 Å². The van der Waals surface area contributed by atoms with Crippen LogP contribution in [0.5, 0.6) is 0 Å². The zero-order valence-corrected chi connectivity index (χ0v) is 14.7. The van der Waals surface area contributed by atoms with Crippen LogP contribution in [0.1, 0.15) is 6.92 Å². The Balaban J connectivity index is 2.30. The summed E-state index contributed by atoms with van der Waals surface area (Å²) in [6.07, 6.45) is 0. The van der Waals surface area contributed by atoms with Gasteiger partial charge in [0.15, 0.2) is 0 Å². The number of nitrogens with zero attached hydrogens (tertiary/aromatic N) is 1. The standard InChI is InChI=1S/C16H31NO7/c1-2-24-16(18)15-17-3-5-19-7-9-21-11-13-23-14-12-22-10-8-20-6-4-17/h2-15H2,1H3. The minimum absolute atomic E-state index is 0.230. The maximum absolute atomic E-state index is 11.6. The first kappa shape index (κ1) is 21.3. The van der Waals surface area contributed by atoms with Crippen LogP contribution in [-0.2, 0) is 33.2 Å². The van der Waals surface area contributed by atoms with Crippen molar-refractivity contribution in [1.82, 2.24) is 4.90 Å². The first-order valence-electron chi connectivity index (χ1n) is 8.59. The van der Waals surface area contributed by atoms with Crippen molar-refractivity contribution < 1.29 is 33.2 Å². The summed E-state index contributed by atoms with van der Waals surface area (Å²) in [5.41, 5.74) is 0. The van der Waals surface area contributed by atoms with E-state index in [2.05, 4.69) is 0 Å². The summed E-state index contributed by atoms with van der Waals surface area (Å²) < 4.78 is 32.2. The van der Waals surface area contributed by atoms with Crippen LogP contribution < -0.4 is 0 Å². The molecule has 142 valence electrons. The second-order valence-electron chi connectivity index (χ2n) is 5.14. The molecule has 0 unspecified atom stereocenters. The third-order valence-electron chi connectivity index (χ3n) is 3.25. The van der Waals surface area contributed by atoms with Crippen LogP contribution in [0.15, 0.2) is 0 Å². The molecule has 0 N–H and O–H groups in total. The summed E-state index contributed by atoms with van der Waals surface area (Å²) in [5, 5.41) is 0. The van der Waals surface area contributed by atoms with Gasteiger partial charge >= 0.3 is 5.97 Å². The zero-order chi connectivity index (χ0) is 17.3. The molecular formula is C16H31NO7. The van der Waals surface area contributed by atoms with E-state index in [4.69, 9.17) is 28.4 Å². The summed E-state index contributed by atoms with van der Waals surface area (Å²) >= 11 is 0. The Morgan fingerprint density at radius 3 is 1.50 bits per heavy atom. The van der Waals surface area contributed by atoms with Crippen LogP contribution in [-0.4, -0.2) is 103 Å². The van der Waals surface area contributed by atoms with E-state index < -0.39 is 0 Å². The Morgan fingerprint density at radius 2 is 1.12 bits per heavy atom. The van der Waals surface area contributed by atoms with Gasteiger partial charge in [0, 0.05) is 13.1 Å². The lowest BCUT2D eigenvalue weighted by Crippen LogP contribution is -2.36. The first-order chi connectivity index (χ1) is 11.8. The van der Waals surface area contributed by atoms with Gasteiger partial charge in [-0.25, -0.2) is 0 Å². The molecule has 1 saturated heterocycles. The van der Waals surface area contributed by atoms with Crippen molar-refractivity contribution in [2.45, 2.75) is 6.92 Å². The van der Waals surface area contributed by atoms with Crippen molar-refractivity contribution in [1.29, 1.82) is 0 Å². The molecule has 0 saturated carbocycles. The molecule has 1 fully saturated rings. The number of rotatable bonds is 3. The molecule has 1 rings (SSSR count). The van der Waals surface area contributed by atoms with Gasteiger partial charge in [0.2, 0.25) is 0 Å². The lowest BCUT2D eigenvalue weighted by Gasteiger charge is -2.21. The molecule has 0 bridgehead atoms. The smallest absolute Gasteiger partial charge is 0.320 e. The highest BCUT2D eigenvalue weighted by Crippen LogP contribution is 1.93. The summed E-state index contributed by atoms with van der Waals surface area (Å²) in [4.78, 5) is 13.6. The van der Waals surface area contributed by atoms with Gasteiger partial charge in [-0.05, 0) is 6.92 Å². The van der Waals surface area contributed by atoms with Crippen molar-refractivity contribution in [3.63, 3.8) is 0 Å². The second-order valence-corrected chi connectivity index (χ2v) is 5.14. The number of esters is 1. The maximum atomic E-state index is 11.6. The summed E-state index contributed by atoms with van der Waals surface area (Å²) in [6, 6.07) is 0. The normalized spacial score (nSPS) is 21.5. The third kappa shape index (κ3) is 12.6. The average Bonchev–Trinajstić information content (AvgIpc) is 2.56. The van der Waals surface area contributed by atoms with Gasteiger partial charge in [-0.3, -0.25) is 9.69 Å². The van der Waals surface area contributed by atoms with Crippen LogP contribution >= 0.6 is 0 Å². The number of hydrogen-bond donors (Lipinski definition) is 0. The van der Waals surface area contributed by atoms with Gasteiger partial charge in [-0.1, -0.05) is 0 Å². The molecule has 0 radical (unpaired) electrons. The van der Waals surface area contributed by atoms with Crippen molar-refractivity contribution in [2.24, 2.45) is 0 Å². The van der Waals surface area contributed by atoms with Crippen molar-refractivity contribution >= 4 is 5.97 Å². The Labute approximate surface area is 144 Å². The summed E-state index contributed by atoms with van der Waals surface area (Å²) in [7, 11) is 0. The van der Waals surface area contributed by atoms with E-state index in [1.54, 1.807) is 6.92 Å². The highest BCUT2D eigenvalue weighted by Gasteiger charge is 2.11. The van der Waals surface area contributed by atoms with Crippen LogP contribution in [0.3, 0.4) is 0 Å². The van der Waals surface area contributed by atoms with E-state index in [-0.39, 0.29) is 12.5 Å². The minimum Gasteiger partial charge on any atom is -0.465 e. The predicted molar refractivity (Wildman–Crippen MR) is 87.2 cm³/mol. The third-order valence-corrected chi connectivity index (χ3v) is 3.25. The maximum Gasteiger partial charge on any atom is 0.320 e. The molecule has 0 atom stereocenters. The largest absolute Gasteiger partial charge is 0.465 e. The van der Waals surface area contributed by atoms with Crippen LogP contribution in [0.2, 0.25) is 0 Å².